The Bertz CT molecular complexity index is 1390. The fourth-order valence-corrected chi connectivity index (χ4v) is 4.61. The van der Waals surface area contributed by atoms with Crippen LogP contribution in [0.25, 0.3) is 11.8 Å². The maximum absolute atomic E-state index is 13.4. The maximum atomic E-state index is 13.4. The molecule has 0 radical (unpaired) electrons. The first-order chi connectivity index (χ1) is 17.2. The van der Waals surface area contributed by atoms with Gasteiger partial charge in [0, 0.05) is 17.1 Å². The summed E-state index contributed by atoms with van der Waals surface area (Å²) in [6, 6.07) is 16.1. The lowest BCUT2D eigenvalue weighted by Crippen LogP contribution is -2.54. The molecule has 1 aliphatic rings. The predicted octanol–water partition coefficient (Wildman–Crippen LogP) is 4.97. The van der Waals surface area contributed by atoms with Crippen LogP contribution in [0.1, 0.15) is 52.6 Å². The van der Waals surface area contributed by atoms with Crippen LogP contribution in [0.5, 0.6) is 0 Å². The zero-order chi connectivity index (χ0) is 26.0. The molecule has 1 aromatic heterocycles. The Morgan fingerprint density at radius 1 is 1.03 bits per heavy atom. The van der Waals surface area contributed by atoms with Crippen molar-refractivity contribution in [2.45, 2.75) is 40.0 Å². The van der Waals surface area contributed by atoms with E-state index in [0.29, 0.717) is 11.3 Å². The SMILES string of the molecule is CCCCc1ccc(N2C(=O)/C(=C/c3cc(C)n(-c4ccc(C(=O)O)cc4)c3C)C(=O)NC2=S)cc1. The van der Waals surface area contributed by atoms with E-state index in [9.17, 15) is 14.4 Å². The largest absolute Gasteiger partial charge is 0.478 e. The minimum Gasteiger partial charge on any atom is -0.478 e. The number of carboxylic acid groups (broad SMARTS) is 1. The Balaban J connectivity index is 1.67. The van der Waals surface area contributed by atoms with E-state index in [4.69, 9.17) is 17.3 Å². The number of carbonyl (C=O) groups is 3. The minimum absolute atomic E-state index is 0.0138. The molecule has 0 spiro atoms. The number of aromatic carboxylic acids is 1. The molecule has 1 fully saturated rings. The van der Waals surface area contributed by atoms with Crippen molar-refractivity contribution < 1.29 is 19.5 Å². The fraction of sp³-hybridized carbons (Fsp3) is 0.214. The van der Waals surface area contributed by atoms with Gasteiger partial charge in [0.1, 0.15) is 5.57 Å². The van der Waals surface area contributed by atoms with Gasteiger partial charge in [0.25, 0.3) is 11.8 Å². The first-order valence-electron chi connectivity index (χ1n) is 11.7. The molecular formula is C28H27N3O4S. The number of thiocarbonyl (C=S) groups is 1. The van der Waals surface area contributed by atoms with Crippen molar-refractivity contribution in [3.63, 3.8) is 0 Å². The Kier molecular flexibility index (Phi) is 7.17. The number of carboxylic acids is 1. The summed E-state index contributed by atoms with van der Waals surface area (Å²) < 4.78 is 1.95. The number of amides is 2. The van der Waals surface area contributed by atoms with E-state index >= 15 is 0 Å². The third-order valence-corrected chi connectivity index (χ3v) is 6.54. The molecule has 2 N–H and O–H groups in total. The summed E-state index contributed by atoms with van der Waals surface area (Å²) >= 11 is 5.33. The van der Waals surface area contributed by atoms with Gasteiger partial charge in [-0.15, -0.1) is 0 Å². The summed E-state index contributed by atoms with van der Waals surface area (Å²) in [5.41, 5.74) is 5.13. The highest BCUT2D eigenvalue weighted by molar-refractivity contribution is 7.80. The normalized spacial score (nSPS) is 14.9. The van der Waals surface area contributed by atoms with Crippen LogP contribution in [0.4, 0.5) is 5.69 Å². The molecule has 0 aliphatic carbocycles. The molecule has 7 nitrogen and oxygen atoms in total. The van der Waals surface area contributed by atoms with Gasteiger partial charge in [-0.1, -0.05) is 25.5 Å². The second-order valence-corrected chi connectivity index (χ2v) is 9.13. The van der Waals surface area contributed by atoms with Crippen LogP contribution in [0.3, 0.4) is 0 Å². The molecule has 8 heteroatoms. The van der Waals surface area contributed by atoms with E-state index in [1.54, 1.807) is 30.3 Å². The number of unbranched alkanes of at least 4 members (excludes halogenated alkanes) is 1. The van der Waals surface area contributed by atoms with Gasteiger partial charge in [0.15, 0.2) is 5.11 Å². The summed E-state index contributed by atoms with van der Waals surface area (Å²) in [5.74, 6) is -2.02. The highest BCUT2D eigenvalue weighted by Gasteiger charge is 2.34. The molecule has 4 rings (SSSR count). The van der Waals surface area contributed by atoms with Gasteiger partial charge in [-0.25, -0.2) is 4.79 Å². The monoisotopic (exact) mass is 501 g/mol. The number of anilines is 1. The van der Waals surface area contributed by atoms with Crippen molar-refractivity contribution in [3.8, 4) is 5.69 Å². The standard InChI is InChI=1S/C28H27N3O4S/c1-4-5-6-19-7-11-23(12-8-19)31-26(33)24(25(32)29-28(31)36)16-21-15-17(2)30(18(21)3)22-13-9-20(10-14-22)27(34)35/h7-16H,4-6H2,1-3H3,(H,34,35)(H,29,32,36)/b24-16+. The second kappa shape index (κ2) is 10.3. The number of aromatic nitrogens is 1. The smallest absolute Gasteiger partial charge is 0.335 e. The number of carbonyl (C=O) groups excluding carboxylic acids is 2. The number of hydrogen-bond donors (Lipinski definition) is 2. The van der Waals surface area contributed by atoms with Crippen LogP contribution in [0.15, 0.2) is 60.2 Å². The number of rotatable bonds is 7. The first-order valence-corrected chi connectivity index (χ1v) is 12.1. The van der Waals surface area contributed by atoms with E-state index in [1.807, 2.05) is 48.7 Å². The van der Waals surface area contributed by atoms with Gasteiger partial charge in [-0.05, 0) is 98.6 Å². The lowest BCUT2D eigenvalue weighted by molar-refractivity contribution is -0.122. The highest BCUT2D eigenvalue weighted by Crippen LogP contribution is 2.26. The Labute approximate surface area is 215 Å². The summed E-state index contributed by atoms with van der Waals surface area (Å²) in [6.07, 6.45) is 4.73. The molecule has 0 atom stereocenters. The van der Waals surface area contributed by atoms with Crippen molar-refractivity contribution in [2.75, 3.05) is 4.90 Å². The molecule has 2 amide bonds. The minimum atomic E-state index is -0.993. The van der Waals surface area contributed by atoms with Crippen LogP contribution in [-0.2, 0) is 16.0 Å². The average Bonchev–Trinajstić information content (AvgIpc) is 3.13. The molecule has 36 heavy (non-hydrogen) atoms. The highest BCUT2D eigenvalue weighted by atomic mass is 32.1. The summed E-state index contributed by atoms with van der Waals surface area (Å²) in [5, 5.41) is 11.8. The fourth-order valence-electron chi connectivity index (χ4n) is 4.32. The average molecular weight is 502 g/mol. The van der Waals surface area contributed by atoms with Gasteiger partial charge >= 0.3 is 5.97 Å². The van der Waals surface area contributed by atoms with Crippen LogP contribution in [-0.4, -0.2) is 32.6 Å². The summed E-state index contributed by atoms with van der Waals surface area (Å²) in [7, 11) is 0. The third-order valence-electron chi connectivity index (χ3n) is 6.26. The predicted molar refractivity (Wildman–Crippen MR) is 143 cm³/mol. The van der Waals surface area contributed by atoms with Gasteiger partial charge in [-0.2, -0.15) is 0 Å². The molecular weight excluding hydrogens is 474 g/mol. The number of nitrogens with one attached hydrogen (secondary N) is 1. The zero-order valence-corrected chi connectivity index (χ0v) is 21.2. The quantitative estimate of drug-likeness (QED) is 0.271. The molecule has 3 aromatic rings. The summed E-state index contributed by atoms with van der Waals surface area (Å²) in [4.78, 5) is 38.7. The maximum Gasteiger partial charge on any atom is 0.335 e. The van der Waals surface area contributed by atoms with Crippen LogP contribution in [0.2, 0.25) is 0 Å². The molecule has 0 bridgehead atoms. The van der Waals surface area contributed by atoms with Gasteiger partial charge < -0.3 is 9.67 Å². The first kappa shape index (κ1) is 25.1. The molecule has 184 valence electrons. The number of aryl methyl sites for hydroxylation is 2. The van der Waals surface area contributed by atoms with E-state index in [2.05, 4.69) is 12.2 Å². The number of hydrogen-bond acceptors (Lipinski definition) is 4. The molecule has 1 aliphatic heterocycles. The summed E-state index contributed by atoms with van der Waals surface area (Å²) in [6.45, 7) is 5.93. The molecule has 0 saturated carbocycles. The Hall–Kier alpha value is -4.04. The number of benzene rings is 2. The lowest BCUT2D eigenvalue weighted by atomic mass is 10.1. The molecule has 2 aromatic carbocycles. The molecule has 0 unspecified atom stereocenters. The Morgan fingerprint density at radius 2 is 1.67 bits per heavy atom. The Morgan fingerprint density at radius 3 is 2.28 bits per heavy atom. The molecule has 1 saturated heterocycles. The van der Waals surface area contributed by atoms with Crippen molar-refractivity contribution in [3.05, 3.63) is 88.2 Å². The van der Waals surface area contributed by atoms with E-state index < -0.39 is 17.8 Å². The van der Waals surface area contributed by atoms with Crippen molar-refractivity contribution in [1.29, 1.82) is 0 Å². The third kappa shape index (κ3) is 4.85. The van der Waals surface area contributed by atoms with E-state index in [0.717, 1.165) is 36.3 Å². The van der Waals surface area contributed by atoms with Crippen molar-refractivity contribution in [2.24, 2.45) is 0 Å². The zero-order valence-electron chi connectivity index (χ0n) is 20.4. The second-order valence-electron chi connectivity index (χ2n) is 8.74. The van der Waals surface area contributed by atoms with Crippen molar-refractivity contribution in [1.82, 2.24) is 9.88 Å². The van der Waals surface area contributed by atoms with Gasteiger partial charge in [0.05, 0.1) is 11.3 Å². The van der Waals surface area contributed by atoms with Crippen LogP contribution < -0.4 is 10.2 Å². The van der Waals surface area contributed by atoms with Crippen LogP contribution in [0, 0.1) is 13.8 Å². The lowest BCUT2D eigenvalue weighted by Gasteiger charge is -2.29. The number of nitrogens with zero attached hydrogens (tertiary/aromatic N) is 2. The van der Waals surface area contributed by atoms with Crippen LogP contribution >= 0.6 is 12.2 Å². The topological polar surface area (TPSA) is 91.6 Å². The van der Waals surface area contributed by atoms with Gasteiger partial charge in [0.2, 0.25) is 0 Å². The van der Waals surface area contributed by atoms with Gasteiger partial charge in [-0.3, -0.25) is 19.8 Å². The van der Waals surface area contributed by atoms with Crippen molar-refractivity contribution >= 4 is 46.9 Å². The van der Waals surface area contributed by atoms with E-state index in [-0.39, 0.29) is 16.2 Å². The van der Waals surface area contributed by atoms with E-state index in [1.165, 1.54) is 10.5 Å². The molecule has 2 heterocycles.